The molecule has 142 valence electrons. The number of nitriles is 1. The smallest absolute Gasteiger partial charge is 0.115 e. The van der Waals surface area contributed by atoms with Gasteiger partial charge in [-0.25, -0.2) is 0 Å². The molecule has 3 atom stereocenters. The van der Waals surface area contributed by atoms with Gasteiger partial charge in [-0.15, -0.1) is 11.8 Å². The molecular formula is C21H23NO4S. The normalized spacial score (nSPS) is 22.4. The third kappa shape index (κ3) is 4.63. The van der Waals surface area contributed by atoms with E-state index in [9.17, 15) is 20.6 Å². The van der Waals surface area contributed by atoms with Crippen LogP contribution in [0.15, 0.2) is 41.3 Å². The lowest BCUT2D eigenvalue weighted by Crippen LogP contribution is -2.33. The molecule has 5 nitrogen and oxygen atoms in total. The van der Waals surface area contributed by atoms with Crippen LogP contribution in [0.3, 0.4) is 0 Å². The fraction of sp³-hybridized carbons (Fsp3) is 0.381. The van der Waals surface area contributed by atoms with Crippen molar-refractivity contribution in [3.63, 3.8) is 0 Å². The van der Waals surface area contributed by atoms with Crippen molar-refractivity contribution >= 4 is 11.8 Å². The van der Waals surface area contributed by atoms with Gasteiger partial charge in [-0.1, -0.05) is 18.2 Å². The van der Waals surface area contributed by atoms with Crippen LogP contribution >= 0.6 is 11.8 Å². The molecule has 27 heavy (non-hydrogen) atoms. The summed E-state index contributed by atoms with van der Waals surface area (Å²) in [5.41, 5.74) is 3.41. The van der Waals surface area contributed by atoms with Gasteiger partial charge in [0.1, 0.15) is 5.75 Å². The van der Waals surface area contributed by atoms with Gasteiger partial charge in [0.15, 0.2) is 0 Å². The van der Waals surface area contributed by atoms with Crippen molar-refractivity contribution in [3.8, 4) is 11.8 Å². The molecule has 0 spiro atoms. The van der Waals surface area contributed by atoms with E-state index in [4.69, 9.17) is 4.74 Å². The lowest BCUT2D eigenvalue weighted by Gasteiger charge is -2.33. The van der Waals surface area contributed by atoms with Crippen molar-refractivity contribution in [2.45, 2.75) is 42.5 Å². The average molecular weight is 385 g/mol. The standard InChI is InChI=1S/C21H23NO4S/c1-27-21-8-15(11-22)14(6-13-2-4-16(24)5-3-13)7-19(21)20-10-17(25)9-18(12-23)26-20/h2-5,7-8,17-18,20,23-25H,6,9-10,12H2,1H3. The second-order valence-electron chi connectivity index (χ2n) is 6.76. The number of aliphatic hydroxyl groups excluding tert-OH is 2. The third-order valence-electron chi connectivity index (χ3n) is 4.84. The lowest BCUT2D eigenvalue weighted by atomic mass is 9.92. The maximum atomic E-state index is 10.2. The second-order valence-corrected chi connectivity index (χ2v) is 7.61. The van der Waals surface area contributed by atoms with E-state index in [1.165, 1.54) is 11.8 Å². The Morgan fingerprint density at radius 2 is 1.96 bits per heavy atom. The van der Waals surface area contributed by atoms with Gasteiger partial charge in [0, 0.05) is 17.7 Å². The van der Waals surface area contributed by atoms with Gasteiger partial charge in [0.05, 0.1) is 36.6 Å². The first-order valence-electron chi connectivity index (χ1n) is 8.87. The number of thioether (sulfide) groups is 1. The summed E-state index contributed by atoms with van der Waals surface area (Å²) < 4.78 is 5.99. The summed E-state index contributed by atoms with van der Waals surface area (Å²) in [6.45, 7) is -0.126. The van der Waals surface area contributed by atoms with Gasteiger partial charge < -0.3 is 20.1 Å². The lowest BCUT2D eigenvalue weighted by molar-refractivity contribution is -0.114. The van der Waals surface area contributed by atoms with Crippen molar-refractivity contribution in [2.75, 3.05) is 12.9 Å². The molecule has 0 radical (unpaired) electrons. The van der Waals surface area contributed by atoms with E-state index in [1.54, 1.807) is 12.1 Å². The fourth-order valence-corrected chi connectivity index (χ4v) is 4.13. The van der Waals surface area contributed by atoms with Gasteiger partial charge in [0.2, 0.25) is 0 Å². The Bertz CT molecular complexity index is 831. The first-order valence-corrected chi connectivity index (χ1v) is 10.1. The summed E-state index contributed by atoms with van der Waals surface area (Å²) >= 11 is 1.54. The number of ether oxygens (including phenoxy) is 1. The second kappa shape index (κ2) is 8.77. The number of rotatable bonds is 5. The molecule has 1 fully saturated rings. The molecule has 2 aromatic carbocycles. The van der Waals surface area contributed by atoms with Gasteiger partial charge in [-0.2, -0.15) is 5.26 Å². The molecule has 0 saturated carbocycles. The van der Waals surface area contributed by atoms with Crippen LogP contribution in [-0.4, -0.2) is 40.4 Å². The van der Waals surface area contributed by atoms with E-state index in [0.29, 0.717) is 24.8 Å². The van der Waals surface area contributed by atoms with E-state index >= 15 is 0 Å². The van der Waals surface area contributed by atoms with Gasteiger partial charge in [-0.3, -0.25) is 0 Å². The Balaban J connectivity index is 1.98. The molecule has 1 aliphatic heterocycles. The van der Waals surface area contributed by atoms with E-state index < -0.39 is 6.10 Å². The largest absolute Gasteiger partial charge is 0.508 e. The van der Waals surface area contributed by atoms with Crippen molar-refractivity contribution in [3.05, 3.63) is 58.7 Å². The minimum atomic E-state index is -0.521. The highest BCUT2D eigenvalue weighted by atomic mass is 32.2. The number of hydrogen-bond acceptors (Lipinski definition) is 6. The first kappa shape index (κ1) is 19.7. The van der Waals surface area contributed by atoms with E-state index in [0.717, 1.165) is 21.6 Å². The molecule has 1 aliphatic rings. The topological polar surface area (TPSA) is 93.7 Å². The Hall–Kier alpha value is -2.04. The summed E-state index contributed by atoms with van der Waals surface area (Å²) in [7, 11) is 0. The number of phenolic OH excluding ortho intramolecular Hbond substituents is 1. The van der Waals surface area contributed by atoms with Gasteiger partial charge >= 0.3 is 0 Å². The molecule has 0 aromatic heterocycles. The van der Waals surface area contributed by atoms with Crippen LogP contribution in [0, 0.1) is 11.3 Å². The molecule has 3 N–H and O–H groups in total. The predicted octanol–water partition coefficient (Wildman–Crippen LogP) is 3.15. The molecule has 2 aromatic rings. The SMILES string of the molecule is CSc1cc(C#N)c(Cc2ccc(O)cc2)cc1C1CC(O)CC(CO)O1. The van der Waals surface area contributed by atoms with E-state index in [2.05, 4.69) is 6.07 Å². The molecular weight excluding hydrogens is 362 g/mol. The van der Waals surface area contributed by atoms with Crippen LogP contribution in [0.1, 0.15) is 41.2 Å². The third-order valence-corrected chi connectivity index (χ3v) is 5.63. The highest BCUT2D eigenvalue weighted by Crippen LogP contribution is 2.38. The van der Waals surface area contributed by atoms with Crippen molar-refractivity contribution in [2.24, 2.45) is 0 Å². The highest BCUT2D eigenvalue weighted by Gasteiger charge is 2.30. The predicted molar refractivity (Wildman–Crippen MR) is 104 cm³/mol. The number of phenols is 1. The number of aromatic hydroxyl groups is 1. The van der Waals surface area contributed by atoms with Crippen LogP contribution in [0.2, 0.25) is 0 Å². The zero-order valence-electron chi connectivity index (χ0n) is 15.1. The van der Waals surface area contributed by atoms with Crippen LogP contribution in [-0.2, 0) is 11.2 Å². The first-order chi connectivity index (χ1) is 13.0. The molecule has 0 bridgehead atoms. The number of hydrogen-bond donors (Lipinski definition) is 3. The molecule has 6 heteroatoms. The Morgan fingerprint density at radius 3 is 2.59 bits per heavy atom. The summed E-state index contributed by atoms with van der Waals surface area (Å²) in [6.07, 6.45) is 2.18. The van der Waals surface area contributed by atoms with Crippen molar-refractivity contribution in [1.82, 2.24) is 0 Å². The minimum Gasteiger partial charge on any atom is -0.508 e. The molecule has 0 amide bonds. The van der Waals surface area contributed by atoms with Crippen LogP contribution in [0.25, 0.3) is 0 Å². The van der Waals surface area contributed by atoms with E-state index in [1.807, 2.05) is 30.5 Å². The fourth-order valence-electron chi connectivity index (χ4n) is 3.46. The maximum absolute atomic E-state index is 10.2. The quantitative estimate of drug-likeness (QED) is 0.685. The van der Waals surface area contributed by atoms with Gasteiger partial charge in [0.25, 0.3) is 0 Å². The number of nitrogens with zero attached hydrogens (tertiary/aromatic N) is 1. The zero-order chi connectivity index (χ0) is 19.4. The molecule has 1 saturated heterocycles. The van der Waals surface area contributed by atoms with Gasteiger partial charge in [-0.05, 0) is 47.6 Å². The Morgan fingerprint density at radius 1 is 1.22 bits per heavy atom. The molecule has 0 aliphatic carbocycles. The maximum Gasteiger partial charge on any atom is 0.115 e. The average Bonchev–Trinajstić information content (AvgIpc) is 2.68. The minimum absolute atomic E-state index is 0.126. The molecule has 3 rings (SSSR count). The van der Waals surface area contributed by atoms with E-state index in [-0.39, 0.29) is 24.6 Å². The summed E-state index contributed by atoms with van der Waals surface area (Å²) in [6, 6.07) is 13.0. The molecule has 3 unspecified atom stereocenters. The Kier molecular flexibility index (Phi) is 6.40. The summed E-state index contributed by atoms with van der Waals surface area (Å²) in [5, 5.41) is 38.7. The number of aliphatic hydroxyl groups is 2. The monoisotopic (exact) mass is 385 g/mol. The molecule has 1 heterocycles. The zero-order valence-corrected chi connectivity index (χ0v) is 15.9. The van der Waals surface area contributed by atoms with Crippen LogP contribution in [0.5, 0.6) is 5.75 Å². The van der Waals surface area contributed by atoms with Crippen LogP contribution < -0.4 is 0 Å². The highest BCUT2D eigenvalue weighted by molar-refractivity contribution is 7.98. The van der Waals surface area contributed by atoms with Crippen LogP contribution in [0.4, 0.5) is 0 Å². The summed E-state index contributed by atoms with van der Waals surface area (Å²) in [4.78, 5) is 0.941. The Labute approximate surface area is 163 Å². The van der Waals surface area contributed by atoms with Crippen molar-refractivity contribution < 1.29 is 20.1 Å². The van der Waals surface area contributed by atoms with Crippen molar-refractivity contribution in [1.29, 1.82) is 5.26 Å². The summed E-state index contributed by atoms with van der Waals surface area (Å²) in [5.74, 6) is 0.206. The number of benzene rings is 2.